The zero-order valence-electron chi connectivity index (χ0n) is 11.2. The number of hydrogen-bond acceptors (Lipinski definition) is 4. The summed E-state index contributed by atoms with van der Waals surface area (Å²) in [6.07, 6.45) is 0. The summed E-state index contributed by atoms with van der Waals surface area (Å²) < 4.78 is 11.8. The average Bonchev–Trinajstić information content (AvgIpc) is 2.40. The van der Waals surface area contributed by atoms with Gasteiger partial charge in [0.05, 0.1) is 25.6 Å². The van der Waals surface area contributed by atoms with Crippen LogP contribution in [0.2, 0.25) is 0 Å². The van der Waals surface area contributed by atoms with E-state index < -0.39 is 0 Å². The number of nitrogens with two attached hydrogens (primary N) is 2. The van der Waals surface area contributed by atoms with Gasteiger partial charge < -0.3 is 20.9 Å². The van der Waals surface area contributed by atoms with Gasteiger partial charge in [0.15, 0.2) is 0 Å². The molecule has 0 unspecified atom stereocenters. The van der Waals surface area contributed by atoms with Gasteiger partial charge in [-0.3, -0.25) is 0 Å². The van der Waals surface area contributed by atoms with Gasteiger partial charge in [-0.1, -0.05) is 31.9 Å². The highest BCUT2D eigenvalue weighted by molar-refractivity contribution is 9.10. The number of nitrogen functional groups attached to an aromatic ring is 2. The molecule has 4 N–H and O–H groups in total. The minimum Gasteiger partial charge on any atom is -0.495 e. The molecular weight excluding hydrogens is 388 g/mol. The number of anilines is 2. The molecule has 0 saturated heterocycles. The van der Waals surface area contributed by atoms with Crippen molar-refractivity contribution < 1.29 is 9.47 Å². The van der Waals surface area contributed by atoms with E-state index in [0.29, 0.717) is 22.9 Å². The summed E-state index contributed by atoms with van der Waals surface area (Å²) >= 11 is 6.58. The van der Waals surface area contributed by atoms with Crippen LogP contribution in [-0.4, -0.2) is 14.2 Å². The number of ether oxygens (including phenoxy) is 2. The molecule has 0 fully saturated rings. The standard InChI is InChI=1S/2C7H8BrNO/c2*1-10-7-3-2-5(8)4-6(7)9/h2*2-4H,9H2,1H3. The molecule has 2 aromatic carbocycles. The molecule has 0 atom stereocenters. The fraction of sp³-hybridized carbons (Fsp3) is 0.143. The topological polar surface area (TPSA) is 70.5 Å². The lowest BCUT2D eigenvalue weighted by Crippen LogP contribution is -1.90. The monoisotopic (exact) mass is 402 g/mol. The van der Waals surface area contributed by atoms with Gasteiger partial charge in [0.2, 0.25) is 0 Å². The summed E-state index contributed by atoms with van der Waals surface area (Å²) in [5.74, 6) is 1.42. The lowest BCUT2D eigenvalue weighted by molar-refractivity contribution is 0.417. The van der Waals surface area contributed by atoms with Crippen LogP contribution in [-0.2, 0) is 0 Å². The van der Waals surface area contributed by atoms with Crippen molar-refractivity contribution in [2.24, 2.45) is 0 Å². The largest absolute Gasteiger partial charge is 0.495 e. The molecule has 0 amide bonds. The van der Waals surface area contributed by atoms with E-state index in [4.69, 9.17) is 20.9 Å². The molecule has 2 aromatic rings. The molecule has 0 saturated carbocycles. The van der Waals surface area contributed by atoms with Crippen LogP contribution >= 0.6 is 31.9 Å². The summed E-state index contributed by atoms with van der Waals surface area (Å²) in [5, 5.41) is 0. The van der Waals surface area contributed by atoms with Crippen LogP contribution in [0.5, 0.6) is 11.5 Å². The fourth-order valence-electron chi connectivity index (χ4n) is 1.41. The van der Waals surface area contributed by atoms with Crippen molar-refractivity contribution >= 4 is 43.2 Å². The summed E-state index contributed by atoms with van der Waals surface area (Å²) in [5.41, 5.74) is 12.5. The van der Waals surface area contributed by atoms with E-state index in [1.54, 1.807) is 26.4 Å². The molecule has 0 bridgehead atoms. The Morgan fingerprint density at radius 1 is 0.750 bits per heavy atom. The van der Waals surface area contributed by atoms with Crippen LogP contribution in [0.25, 0.3) is 0 Å². The molecule has 20 heavy (non-hydrogen) atoms. The van der Waals surface area contributed by atoms with Gasteiger partial charge in [0.1, 0.15) is 11.5 Å². The normalized spacial score (nSPS) is 9.40. The Hall–Kier alpha value is -1.40. The van der Waals surface area contributed by atoms with Crippen molar-refractivity contribution in [3.05, 3.63) is 45.3 Å². The van der Waals surface area contributed by atoms with Crippen LogP contribution < -0.4 is 20.9 Å². The number of methoxy groups -OCH3 is 2. The molecule has 6 heteroatoms. The van der Waals surface area contributed by atoms with Crippen molar-refractivity contribution in [1.82, 2.24) is 0 Å². The maximum atomic E-state index is 5.58. The van der Waals surface area contributed by atoms with Crippen LogP contribution in [0, 0.1) is 0 Å². The van der Waals surface area contributed by atoms with E-state index in [1.807, 2.05) is 24.3 Å². The highest BCUT2D eigenvalue weighted by Gasteiger charge is 1.97. The highest BCUT2D eigenvalue weighted by atomic mass is 79.9. The average molecular weight is 404 g/mol. The number of rotatable bonds is 2. The Kier molecular flexibility index (Phi) is 6.67. The van der Waals surface area contributed by atoms with Gasteiger partial charge in [0.25, 0.3) is 0 Å². The van der Waals surface area contributed by atoms with E-state index in [2.05, 4.69) is 31.9 Å². The first-order valence-electron chi connectivity index (χ1n) is 5.66. The van der Waals surface area contributed by atoms with Crippen LogP contribution in [0.4, 0.5) is 11.4 Å². The quantitative estimate of drug-likeness (QED) is 0.741. The second kappa shape index (κ2) is 8.01. The first-order chi connectivity index (χ1) is 9.47. The maximum absolute atomic E-state index is 5.58. The molecule has 0 aromatic heterocycles. The van der Waals surface area contributed by atoms with Crippen LogP contribution in [0.1, 0.15) is 0 Å². The SMILES string of the molecule is COc1ccc(Br)cc1N.COc1ccc(Br)cc1N. The van der Waals surface area contributed by atoms with Gasteiger partial charge in [-0.05, 0) is 36.4 Å². The van der Waals surface area contributed by atoms with Crippen molar-refractivity contribution in [2.75, 3.05) is 25.7 Å². The van der Waals surface area contributed by atoms with Gasteiger partial charge >= 0.3 is 0 Å². The lowest BCUT2D eigenvalue weighted by atomic mass is 10.3. The lowest BCUT2D eigenvalue weighted by Gasteiger charge is -2.02. The zero-order chi connectivity index (χ0) is 15.1. The summed E-state index contributed by atoms with van der Waals surface area (Å²) in [7, 11) is 3.19. The molecule has 108 valence electrons. The first-order valence-corrected chi connectivity index (χ1v) is 7.24. The number of hydrogen-bond donors (Lipinski definition) is 2. The van der Waals surface area contributed by atoms with E-state index in [1.165, 1.54) is 0 Å². The molecule has 0 aliphatic heterocycles. The summed E-state index contributed by atoms with van der Waals surface area (Å²) in [6.45, 7) is 0. The Labute approximate surface area is 135 Å². The smallest absolute Gasteiger partial charge is 0.141 e. The van der Waals surface area contributed by atoms with Gasteiger partial charge in [0, 0.05) is 8.95 Å². The second-order valence-corrected chi connectivity index (χ2v) is 5.60. The first kappa shape index (κ1) is 16.7. The minimum atomic E-state index is 0.650. The zero-order valence-corrected chi connectivity index (χ0v) is 14.4. The Bertz CT molecular complexity index is 526. The Morgan fingerprint density at radius 3 is 1.35 bits per heavy atom. The molecule has 4 nitrogen and oxygen atoms in total. The van der Waals surface area contributed by atoms with Crippen LogP contribution in [0.15, 0.2) is 45.3 Å². The molecule has 2 rings (SSSR count). The van der Waals surface area contributed by atoms with E-state index in [-0.39, 0.29) is 0 Å². The van der Waals surface area contributed by atoms with Gasteiger partial charge in [-0.15, -0.1) is 0 Å². The maximum Gasteiger partial charge on any atom is 0.141 e. The molecule has 0 radical (unpaired) electrons. The van der Waals surface area contributed by atoms with Crippen molar-refractivity contribution in [3.63, 3.8) is 0 Å². The third kappa shape index (κ3) is 4.94. The van der Waals surface area contributed by atoms with Crippen molar-refractivity contribution in [3.8, 4) is 11.5 Å². The van der Waals surface area contributed by atoms with Gasteiger partial charge in [-0.25, -0.2) is 0 Å². The Balaban J connectivity index is 0.000000200. The summed E-state index contributed by atoms with van der Waals surface area (Å²) in [6, 6.07) is 11.0. The fourth-order valence-corrected chi connectivity index (χ4v) is 2.17. The molecule has 0 aliphatic carbocycles. The Morgan fingerprint density at radius 2 is 1.10 bits per heavy atom. The van der Waals surface area contributed by atoms with E-state index in [9.17, 15) is 0 Å². The number of benzene rings is 2. The predicted molar refractivity (Wildman–Crippen MR) is 90.2 cm³/mol. The van der Waals surface area contributed by atoms with Crippen molar-refractivity contribution in [1.29, 1.82) is 0 Å². The van der Waals surface area contributed by atoms with Crippen molar-refractivity contribution in [2.45, 2.75) is 0 Å². The van der Waals surface area contributed by atoms with Gasteiger partial charge in [-0.2, -0.15) is 0 Å². The molecular formula is C14H16Br2N2O2. The molecule has 0 aliphatic rings. The number of halogens is 2. The minimum absolute atomic E-state index is 0.650. The highest BCUT2D eigenvalue weighted by Crippen LogP contribution is 2.25. The third-order valence-electron chi connectivity index (χ3n) is 2.38. The third-order valence-corrected chi connectivity index (χ3v) is 3.37. The van der Waals surface area contributed by atoms with E-state index >= 15 is 0 Å². The van der Waals surface area contributed by atoms with E-state index in [0.717, 1.165) is 8.95 Å². The molecule has 0 spiro atoms. The van der Waals surface area contributed by atoms with Crippen LogP contribution in [0.3, 0.4) is 0 Å². The molecule has 0 heterocycles. The summed E-state index contributed by atoms with van der Waals surface area (Å²) in [4.78, 5) is 0. The second-order valence-electron chi connectivity index (χ2n) is 3.77. The predicted octanol–water partition coefficient (Wildman–Crippen LogP) is 4.08.